The zero-order valence-electron chi connectivity index (χ0n) is 9.61. The molecular formula is C12H6BrClF2O3S. The third-order valence-electron chi connectivity index (χ3n) is 2.26. The largest absolute Gasteiger partial charge is 0.377 e. The van der Waals surface area contributed by atoms with Crippen LogP contribution in [-0.2, 0) is 10.1 Å². The Hall–Kier alpha value is -1.18. The van der Waals surface area contributed by atoms with Gasteiger partial charge in [0, 0.05) is 4.47 Å². The van der Waals surface area contributed by atoms with Crippen LogP contribution >= 0.6 is 27.5 Å². The maximum absolute atomic E-state index is 13.6. The molecule has 0 N–H and O–H groups in total. The summed E-state index contributed by atoms with van der Waals surface area (Å²) in [5.41, 5.74) is 0. The Bertz CT molecular complexity index is 765. The number of halogens is 4. The van der Waals surface area contributed by atoms with E-state index in [-0.39, 0.29) is 10.8 Å². The SMILES string of the molecule is O=S(=O)(Oc1ccc(F)cc1Cl)c1cc(Br)ccc1F. The smallest absolute Gasteiger partial charge is 0.342 e. The highest BCUT2D eigenvalue weighted by molar-refractivity contribution is 9.10. The van der Waals surface area contributed by atoms with Crippen molar-refractivity contribution in [3.63, 3.8) is 0 Å². The molecule has 0 saturated heterocycles. The molecule has 0 aliphatic rings. The second kappa shape index (κ2) is 5.67. The molecule has 0 unspecified atom stereocenters. The second-order valence-electron chi connectivity index (χ2n) is 3.69. The molecule has 0 atom stereocenters. The summed E-state index contributed by atoms with van der Waals surface area (Å²) >= 11 is 8.70. The Morgan fingerprint density at radius 3 is 2.45 bits per heavy atom. The predicted octanol–water partition coefficient (Wildman–Crippen LogP) is 4.15. The van der Waals surface area contributed by atoms with Gasteiger partial charge in [-0.25, -0.2) is 8.78 Å². The van der Waals surface area contributed by atoms with E-state index in [2.05, 4.69) is 15.9 Å². The van der Waals surface area contributed by atoms with E-state index in [1.165, 1.54) is 6.07 Å². The number of hydrogen-bond donors (Lipinski definition) is 0. The summed E-state index contributed by atoms with van der Waals surface area (Å²) in [7, 11) is -4.41. The number of hydrogen-bond acceptors (Lipinski definition) is 3. The normalized spacial score (nSPS) is 11.4. The lowest BCUT2D eigenvalue weighted by Crippen LogP contribution is -2.12. The van der Waals surface area contributed by atoms with Crippen molar-refractivity contribution in [3.05, 3.63) is 57.5 Å². The monoisotopic (exact) mass is 382 g/mol. The van der Waals surface area contributed by atoms with E-state index < -0.39 is 26.6 Å². The molecule has 0 saturated carbocycles. The maximum atomic E-state index is 13.6. The zero-order valence-corrected chi connectivity index (χ0v) is 12.8. The van der Waals surface area contributed by atoms with E-state index in [9.17, 15) is 17.2 Å². The maximum Gasteiger partial charge on any atom is 0.342 e. The molecule has 3 nitrogen and oxygen atoms in total. The minimum atomic E-state index is -4.41. The fraction of sp³-hybridized carbons (Fsp3) is 0. The summed E-state index contributed by atoms with van der Waals surface area (Å²) in [5.74, 6) is -1.90. The molecule has 0 aliphatic heterocycles. The molecule has 0 heterocycles. The Balaban J connectivity index is 2.43. The molecule has 0 fully saturated rings. The van der Waals surface area contributed by atoms with Crippen molar-refractivity contribution in [2.75, 3.05) is 0 Å². The van der Waals surface area contributed by atoms with Gasteiger partial charge in [-0.15, -0.1) is 0 Å². The molecule has 106 valence electrons. The van der Waals surface area contributed by atoms with Crippen molar-refractivity contribution in [1.29, 1.82) is 0 Å². The van der Waals surface area contributed by atoms with Gasteiger partial charge in [0.15, 0.2) is 5.75 Å². The number of benzene rings is 2. The molecule has 0 radical (unpaired) electrons. The molecule has 8 heteroatoms. The highest BCUT2D eigenvalue weighted by Gasteiger charge is 2.23. The summed E-state index contributed by atoms with van der Waals surface area (Å²) in [6.45, 7) is 0. The standard InChI is InChI=1S/C12H6BrClF2O3S/c13-7-1-3-10(16)12(5-7)20(17,18)19-11-4-2-8(15)6-9(11)14/h1-6H. The third kappa shape index (κ3) is 3.28. The van der Waals surface area contributed by atoms with Gasteiger partial charge in [0.25, 0.3) is 0 Å². The predicted molar refractivity (Wildman–Crippen MR) is 73.3 cm³/mol. The van der Waals surface area contributed by atoms with Crippen molar-refractivity contribution in [2.45, 2.75) is 4.90 Å². The Kier molecular flexibility index (Phi) is 4.31. The van der Waals surface area contributed by atoms with Crippen LogP contribution in [0.2, 0.25) is 5.02 Å². The lowest BCUT2D eigenvalue weighted by Gasteiger charge is -2.09. The van der Waals surface area contributed by atoms with E-state index in [1.54, 1.807) is 0 Å². The van der Waals surface area contributed by atoms with Crippen LogP contribution in [0, 0.1) is 11.6 Å². The van der Waals surface area contributed by atoms with Gasteiger partial charge in [0.05, 0.1) is 5.02 Å². The fourth-order valence-electron chi connectivity index (χ4n) is 1.37. The van der Waals surface area contributed by atoms with Gasteiger partial charge in [0.2, 0.25) is 0 Å². The van der Waals surface area contributed by atoms with Crippen LogP contribution in [0.25, 0.3) is 0 Å². The molecule has 0 bridgehead atoms. The third-order valence-corrected chi connectivity index (χ3v) is 4.30. The van der Waals surface area contributed by atoms with Crippen molar-refractivity contribution in [2.24, 2.45) is 0 Å². The van der Waals surface area contributed by atoms with Crippen LogP contribution in [0.15, 0.2) is 45.8 Å². The van der Waals surface area contributed by atoms with E-state index in [0.717, 1.165) is 30.3 Å². The van der Waals surface area contributed by atoms with Crippen molar-refractivity contribution >= 4 is 37.6 Å². The highest BCUT2D eigenvalue weighted by atomic mass is 79.9. The van der Waals surface area contributed by atoms with Crippen LogP contribution in [0.4, 0.5) is 8.78 Å². The molecule has 20 heavy (non-hydrogen) atoms. The first-order chi connectivity index (χ1) is 9.29. The Morgan fingerprint density at radius 2 is 1.80 bits per heavy atom. The molecule has 0 aromatic heterocycles. The number of rotatable bonds is 3. The molecule has 2 aromatic carbocycles. The average molecular weight is 384 g/mol. The van der Waals surface area contributed by atoms with Crippen LogP contribution < -0.4 is 4.18 Å². The quantitative estimate of drug-likeness (QED) is 0.748. The van der Waals surface area contributed by atoms with Gasteiger partial charge >= 0.3 is 10.1 Å². The van der Waals surface area contributed by atoms with Gasteiger partial charge in [0.1, 0.15) is 16.5 Å². The summed E-state index contributed by atoms with van der Waals surface area (Å²) in [4.78, 5) is -0.646. The summed E-state index contributed by atoms with van der Waals surface area (Å²) in [5, 5.41) is -0.232. The highest BCUT2D eigenvalue weighted by Crippen LogP contribution is 2.29. The topological polar surface area (TPSA) is 43.4 Å². The Morgan fingerprint density at radius 1 is 1.10 bits per heavy atom. The van der Waals surface area contributed by atoms with Crippen molar-refractivity contribution < 1.29 is 21.4 Å². The van der Waals surface area contributed by atoms with Crippen molar-refractivity contribution in [3.8, 4) is 5.75 Å². The first-order valence-electron chi connectivity index (χ1n) is 5.14. The minimum Gasteiger partial charge on any atom is -0.377 e. The van der Waals surface area contributed by atoms with E-state index in [0.29, 0.717) is 4.47 Å². The van der Waals surface area contributed by atoms with Crippen LogP contribution in [0.5, 0.6) is 5.75 Å². The second-order valence-corrected chi connectivity index (χ2v) is 6.52. The van der Waals surface area contributed by atoms with Crippen LogP contribution in [-0.4, -0.2) is 8.42 Å². The lowest BCUT2D eigenvalue weighted by molar-refractivity contribution is 0.475. The lowest BCUT2D eigenvalue weighted by atomic mass is 10.3. The first kappa shape index (κ1) is 15.2. The first-order valence-corrected chi connectivity index (χ1v) is 7.72. The minimum absolute atomic E-state index is 0.232. The van der Waals surface area contributed by atoms with E-state index in [1.807, 2.05) is 0 Å². The van der Waals surface area contributed by atoms with Gasteiger partial charge in [-0.3, -0.25) is 0 Å². The van der Waals surface area contributed by atoms with Gasteiger partial charge in [-0.05, 0) is 36.4 Å². The molecule has 2 rings (SSSR count). The molecular weight excluding hydrogens is 378 g/mol. The summed E-state index contributed by atoms with van der Waals surface area (Å²) in [6, 6.07) is 6.30. The average Bonchev–Trinajstić information content (AvgIpc) is 2.35. The molecule has 0 amide bonds. The van der Waals surface area contributed by atoms with Crippen molar-refractivity contribution in [1.82, 2.24) is 0 Å². The van der Waals surface area contributed by atoms with E-state index in [4.69, 9.17) is 15.8 Å². The zero-order chi connectivity index (χ0) is 14.9. The van der Waals surface area contributed by atoms with Gasteiger partial charge in [-0.2, -0.15) is 8.42 Å². The summed E-state index contributed by atoms with van der Waals surface area (Å²) in [6.07, 6.45) is 0. The Labute approximate surface area is 127 Å². The summed E-state index contributed by atoms with van der Waals surface area (Å²) < 4.78 is 55.5. The van der Waals surface area contributed by atoms with Gasteiger partial charge < -0.3 is 4.18 Å². The molecule has 2 aromatic rings. The molecule has 0 spiro atoms. The van der Waals surface area contributed by atoms with E-state index >= 15 is 0 Å². The van der Waals surface area contributed by atoms with Crippen LogP contribution in [0.3, 0.4) is 0 Å². The molecule has 0 aliphatic carbocycles. The van der Waals surface area contributed by atoms with Gasteiger partial charge in [-0.1, -0.05) is 27.5 Å². The van der Waals surface area contributed by atoms with Crippen LogP contribution in [0.1, 0.15) is 0 Å². The fourth-order valence-corrected chi connectivity index (χ4v) is 3.19.